The number of benzene rings is 1. The lowest BCUT2D eigenvalue weighted by molar-refractivity contribution is 0.242. The second-order valence-corrected chi connectivity index (χ2v) is 6.90. The van der Waals surface area contributed by atoms with Gasteiger partial charge in [0.2, 0.25) is 0 Å². The van der Waals surface area contributed by atoms with Gasteiger partial charge in [-0.2, -0.15) is 0 Å². The molecule has 1 heterocycles. The molecule has 2 rings (SSSR count). The molecule has 0 saturated heterocycles. The fraction of sp³-hybridized carbons (Fsp3) is 0.588. The zero-order valence-corrected chi connectivity index (χ0v) is 14.3. The lowest BCUT2D eigenvalue weighted by atomic mass is 9.84. The third kappa shape index (κ3) is 4.40. The summed E-state index contributed by atoms with van der Waals surface area (Å²) in [6.07, 6.45) is 2.61. The molecule has 21 heavy (non-hydrogen) atoms. The highest BCUT2D eigenvalue weighted by molar-refractivity contribution is 8.14. The van der Waals surface area contributed by atoms with Crippen molar-refractivity contribution in [1.82, 2.24) is 0 Å². The van der Waals surface area contributed by atoms with Crippen molar-refractivity contribution in [3.8, 4) is 5.75 Å². The predicted molar refractivity (Wildman–Crippen MR) is 93.6 cm³/mol. The van der Waals surface area contributed by atoms with Gasteiger partial charge in [0.15, 0.2) is 5.17 Å². The summed E-state index contributed by atoms with van der Waals surface area (Å²) in [5.74, 6) is 2.06. The van der Waals surface area contributed by atoms with Crippen molar-refractivity contribution in [2.45, 2.75) is 46.6 Å². The summed E-state index contributed by atoms with van der Waals surface area (Å²) in [7, 11) is 0. The molecule has 1 aliphatic heterocycles. The number of thioether (sulfide) groups is 1. The monoisotopic (exact) mass is 306 g/mol. The molecule has 1 aromatic rings. The third-order valence-electron chi connectivity index (χ3n) is 4.05. The van der Waals surface area contributed by atoms with E-state index < -0.39 is 0 Å². The van der Waals surface area contributed by atoms with Crippen molar-refractivity contribution in [2.24, 2.45) is 10.4 Å². The van der Waals surface area contributed by atoms with E-state index in [1.54, 1.807) is 0 Å². The second kappa shape index (κ2) is 7.21. The summed E-state index contributed by atoms with van der Waals surface area (Å²) < 4.78 is 5.65. The first-order valence-electron chi connectivity index (χ1n) is 7.78. The van der Waals surface area contributed by atoms with E-state index in [4.69, 9.17) is 9.73 Å². The highest BCUT2D eigenvalue weighted by Gasteiger charge is 2.30. The van der Waals surface area contributed by atoms with Crippen LogP contribution >= 0.6 is 11.8 Å². The Labute approximate surface area is 132 Å². The van der Waals surface area contributed by atoms with Crippen LogP contribution in [0.15, 0.2) is 29.3 Å². The summed E-state index contributed by atoms with van der Waals surface area (Å²) in [4.78, 5) is 4.73. The molecule has 1 aromatic carbocycles. The van der Waals surface area contributed by atoms with Gasteiger partial charge in [0.25, 0.3) is 0 Å². The number of hydrogen-bond donors (Lipinski definition) is 1. The van der Waals surface area contributed by atoms with Crippen molar-refractivity contribution in [2.75, 3.05) is 17.6 Å². The molecule has 0 amide bonds. The SMILES string of the molecule is CCC1(CC)CN=C(Nc2ccc(OC(C)C)cc2)SC1. The van der Waals surface area contributed by atoms with Crippen molar-refractivity contribution in [3.05, 3.63) is 24.3 Å². The van der Waals surface area contributed by atoms with E-state index in [1.165, 1.54) is 12.8 Å². The number of hydrogen-bond acceptors (Lipinski definition) is 4. The molecular formula is C17H26N2OS. The largest absolute Gasteiger partial charge is 0.491 e. The van der Waals surface area contributed by atoms with Gasteiger partial charge < -0.3 is 10.1 Å². The van der Waals surface area contributed by atoms with Gasteiger partial charge >= 0.3 is 0 Å². The van der Waals surface area contributed by atoms with Crippen molar-refractivity contribution in [3.63, 3.8) is 0 Å². The maximum absolute atomic E-state index is 5.65. The van der Waals surface area contributed by atoms with Gasteiger partial charge in [0, 0.05) is 18.0 Å². The third-order valence-corrected chi connectivity index (χ3v) is 5.31. The van der Waals surface area contributed by atoms with Gasteiger partial charge in [0.1, 0.15) is 5.75 Å². The summed E-state index contributed by atoms with van der Waals surface area (Å²) in [6, 6.07) is 8.09. The van der Waals surface area contributed by atoms with E-state index in [2.05, 4.69) is 19.2 Å². The van der Waals surface area contributed by atoms with Gasteiger partial charge in [-0.1, -0.05) is 25.6 Å². The first-order valence-corrected chi connectivity index (χ1v) is 8.76. The van der Waals surface area contributed by atoms with Gasteiger partial charge in [0.05, 0.1) is 6.10 Å². The van der Waals surface area contributed by atoms with E-state index in [0.29, 0.717) is 5.41 Å². The smallest absolute Gasteiger partial charge is 0.161 e. The minimum absolute atomic E-state index is 0.207. The molecular weight excluding hydrogens is 280 g/mol. The number of rotatable bonds is 5. The molecule has 1 N–H and O–H groups in total. The van der Waals surface area contributed by atoms with Crippen LogP contribution in [0.1, 0.15) is 40.5 Å². The van der Waals surface area contributed by atoms with E-state index >= 15 is 0 Å². The normalized spacial score (nSPS) is 17.5. The zero-order chi connectivity index (χ0) is 15.3. The molecule has 0 fully saturated rings. The summed E-state index contributed by atoms with van der Waals surface area (Å²) in [5.41, 5.74) is 1.46. The molecule has 1 aliphatic rings. The van der Waals surface area contributed by atoms with Crippen LogP contribution in [0.25, 0.3) is 0 Å². The van der Waals surface area contributed by atoms with Gasteiger partial charge in [-0.25, -0.2) is 0 Å². The average molecular weight is 306 g/mol. The fourth-order valence-electron chi connectivity index (χ4n) is 2.32. The van der Waals surface area contributed by atoms with Crippen LogP contribution in [0.2, 0.25) is 0 Å². The molecule has 0 unspecified atom stereocenters. The minimum Gasteiger partial charge on any atom is -0.491 e. The maximum Gasteiger partial charge on any atom is 0.161 e. The molecule has 0 radical (unpaired) electrons. The molecule has 4 heteroatoms. The fourth-order valence-corrected chi connectivity index (χ4v) is 3.61. The van der Waals surface area contributed by atoms with E-state index in [0.717, 1.165) is 28.9 Å². The number of anilines is 1. The van der Waals surface area contributed by atoms with Gasteiger partial charge in [-0.3, -0.25) is 4.99 Å². The molecule has 0 aliphatic carbocycles. The minimum atomic E-state index is 0.207. The topological polar surface area (TPSA) is 33.6 Å². The number of aliphatic imine (C=N–C) groups is 1. The molecule has 0 spiro atoms. The van der Waals surface area contributed by atoms with E-state index in [1.807, 2.05) is 49.9 Å². The molecule has 0 aromatic heterocycles. The van der Waals surface area contributed by atoms with Crippen LogP contribution in [0.5, 0.6) is 5.75 Å². The molecule has 0 bridgehead atoms. The number of nitrogens with zero attached hydrogens (tertiary/aromatic N) is 1. The molecule has 3 nitrogen and oxygen atoms in total. The summed E-state index contributed by atoms with van der Waals surface area (Å²) in [6.45, 7) is 9.54. The highest BCUT2D eigenvalue weighted by Crippen LogP contribution is 2.35. The Balaban J connectivity index is 1.95. The van der Waals surface area contributed by atoms with E-state index in [-0.39, 0.29) is 6.10 Å². The number of amidine groups is 1. The predicted octanol–water partition coefficient (Wildman–Crippen LogP) is 4.79. The summed E-state index contributed by atoms with van der Waals surface area (Å²) >= 11 is 1.84. The lowest BCUT2D eigenvalue weighted by Gasteiger charge is -2.33. The maximum atomic E-state index is 5.65. The Hall–Kier alpha value is -1.16. The standard InChI is InChI=1S/C17H26N2OS/c1-5-17(6-2)11-18-16(21-12-17)19-14-7-9-15(10-8-14)20-13(3)4/h7-10,13H,5-6,11-12H2,1-4H3,(H,18,19). The first kappa shape index (κ1) is 16.2. The Morgan fingerprint density at radius 1 is 1.24 bits per heavy atom. The average Bonchev–Trinajstić information content (AvgIpc) is 2.50. The quantitative estimate of drug-likeness (QED) is 0.848. The lowest BCUT2D eigenvalue weighted by Crippen LogP contribution is -2.32. The Morgan fingerprint density at radius 3 is 2.38 bits per heavy atom. The van der Waals surface area contributed by atoms with Gasteiger partial charge in [-0.05, 0) is 56.4 Å². The van der Waals surface area contributed by atoms with Crippen LogP contribution in [-0.4, -0.2) is 23.6 Å². The zero-order valence-electron chi connectivity index (χ0n) is 13.5. The highest BCUT2D eigenvalue weighted by atomic mass is 32.2. The molecule has 0 saturated carbocycles. The van der Waals surface area contributed by atoms with E-state index in [9.17, 15) is 0 Å². The van der Waals surface area contributed by atoms with Crippen molar-refractivity contribution >= 4 is 22.6 Å². The van der Waals surface area contributed by atoms with Crippen molar-refractivity contribution in [1.29, 1.82) is 0 Å². The van der Waals surface area contributed by atoms with Crippen LogP contribution in [0.3, 0.4) is 0 Å². The first-order chi connectivity index (χ1) is 10.1. The van der Waals surface area contributed by atoms with Gasteiger partial charge in [-0.15, -0.1) is 0 Å². The number of nitrogens with one attached hydrogen (secondary N) is 1. The molecule has 0 atom stereocenters. The summed E-state index contributed by atoms with van der Waals surface area (Å²) in [5, 5.41) is 4.44. The van der Waals surface area contributed by atoms with Crippen LogP contribution in [-0.2, 0) is 0 Å². The number of ether oxygens (including phenoxy) is 1. The Kier molecular flexibility index (Phi) is 5.57. The second-order valence-electron chi connectivity index (χ2n) is 5.93. The van der Waals surface area contributed by atoms with Crippen LogP contribution < -0.4 is 10.1 Å². The van der Waals surface area contributed by atoms with Crippen LogP contribution in [0.4, 0.5) is 5.69 Å². The van der Waals surface area contributed by atoms with Crippen LogP contribution in [0, 0.1) is 5.41 Å². The Morgan fingerprint density at radius 2 is 1.90 bits per heavy atom. The Bertz CT molecular complexity index is 478. The molecule has 116 valence electrons. The van der Waals surface area contributed by atoms with Crippen molar-refractivity contribution < 1.29 is 4.74 Å².